The fourth-order valence-corrected chi connectivity index (χ4v) is 4.86. The fraction of sp³-hybridized carbons (Fsp3) is 0.391. The van der Waals surface area contributed by atoms with Crippen molar-refractivity contribution in [3.05, 3.63) is 47.5 Å². The van der Waals surface area contributed by atoms with Gasteiger partial charge in [0.2, 0.25) is 0 Å². The molecule has 3 aliphatic rings. The zero-order valence-corrected chi connectivity index (χ0v) is 19.1. The molecule has 1 amide bonds. The largest absolute Gasteiger partial charge is 0.478 e. The van der Waals surface area contributed by atoms with E-state index in [1.165, 1.54) is 37.3 Å². The highest BCUT2D eigenvalue weighted by molar-refractivity contribution is 7.16. The summed E-state index contributed by atoms with van der Waals surface area (Å²) >= 11 is 1.48. The number of nitrogens with one attached hydrogen (secondary N) is 1. The summed E-state index contributed by atoms with van der Waals surface area (Å²) in [5, 5.41) is 20.2. The lowest BCUT2D eigenvalue weighted by atomic mass is 9.79. The smallest absolute Gasteiger partial charge is 0.412 e. The van der Waals surface area contributed by atoms with E-state index in [-0.39, 0.29) is 6.09 Å². The van der Waals surface area contributed by atoms with Gasteiger partial charge in [-0.2, -0.15) is 0 Å². The quantitative estimate of drug-likeness (QED) is 0.542. The van der Waals surface area contributed by atoms with Crippen molar-refractivity contribution < 1.29 is 29.3 Å². The number of piperidine rings is 3. The van der Waals surface area contributed by atoms with Crippen LogP contribution in [0, 0.1) is 18.8 Å². The van der Waals surface area contributed by atoms with E-state index < -0.39 is 11.9 Å². The number of hydrogen-bond acceptors (Lipinski definition) is 7. The number of carbonyl (C=O) groups excluding carboxylic acids is 1. The molecule has 0 aliphatic carbocycles. The van der Waals surface area contributed by atoms with Crippen LogP contribution in [-0.2, 0) is 14.3 Å². The third-order valence-corrected chi connectivity index (χ3v) is 6.47. The van der Waals surface area contributed by atoms with Gasteiger partial charge in [-0.3, -0.25) is 5.32 Å². The van der Waals surface area contributed by atoms with Gasteiger partial charge in [0.15, 0.2) is 0 Å². The first-order valence-electron chi connectivity index (χ1n) is 10.6. The van der Waals surface area contributed by atoms with Gasteiger partial charge in [0.1, 0.15) is 10.7 Å². The van der Waals surface area contributed by atoms with E-state index >= 15 is 0 Å². The molecule has 1 atom stereocenters. The number of fused-ring (bicyclic) bond motifs is 3. The van der Waals surface area contributed by atoms with Gasteiger partial charge in [-0.05, 0) is 38.8 Å². The predicted octanol–water partition coefficient (Wildman–Crippen LogP) is 3.72. The van der Waals surface area contributed by atoms with Crippen LogP contribution in [0.5, 0.6) is 0 Å². The maximum absolute atomic E-state index is 12.3. The second-order valence-corrected chi connectivity index (χ2v) is 9.11. The fourth-order valence-electron chi connectivity index (χ4n) is 4.03. The third kappa shape index (κ3) is 7.40. The molecule has 1 aromatic heterocycles. The summed E-state index contributed by atoms with van der Waals surface area (Å²) in [6, 6.07) is 9.91. The van der Waals surface area contributed by atoms with Crippen molar-refractivity contribution in [2.45, 2.75) is 19.8 Å². The van der Waals surface area contributed by atoms with E-state index in [1.54, 1.807) is 0 Å². The number of aliphatic carboxylic acids is 2. The van der Waals surface area contributed by atoms with Crippen molar-refractivity contribution in [1.29, 1.82) is 0 Å². The maximum Gasteiger partial charge on any atom is 0.412 e. The molecule has 3 saturated heterocycles. The minimum Gasteiger partial charge on any atom is -0.478 e. The normalized spacial score (nSPS) is 21.2. The van der Waals surface area contributed by atoms with Gasteiger partial charge in [-0.15, -0.1) is 11.3 Å². The van der Waals surface area contributed by atoms with E-state index in [9.17, 15) is 14.4 Å². The molecule has 9 nitrogen and oxygen atoms in total. The van der Waals surface area contributed by atoms with E-state index in [1.807, 2.05) is 37.3 Å². The predicted molar refractivity (Wildman–Crippen MR) is 124 cm³/mol. The Bertz CT molecular complexity index is 983. The highest BCUT2D eigenvalue weighted by atomic mass is 32.1. The summed E-state index contributed by atoms with van der Waals surface area (Å²) in [4.78, 5) is 38.4. The first-order chi connectivity index (χ1) is 15.8. The average Bonchev–Trinajstić information content (AvgIpc) is 3.18. The zero-order valence-electron chi connectivity index (χ0n) is 18.3. The van der Waals surface area contributed by atoms with Crippen LogP contribution in [0.4, 0.5) is 9.80 Å². The van der Waals surface area contributed by atoms with E-state index in [2.05, 4.69) is 15.2 Å². The number of ether oxygens (including phenoxy) is 1. The summed E-state index contributed by atoms with van der Waals surface area (Å²) in [5.74, 6) is -1.33. The van der Waals surface area contributed by atoms with Gasteiger partial charge in [0.05, 0.1) is 11.6 Å². The Balaban J connectivity index is 0.000000331. The van der Waals surface area contributed by atoms with Crippen molar-refractivity contribution in [1.82, 2.24) is 9.88 Å². The minimum absolute atomic E-state index is 0.378. The van der Waals surface area contributed by atoms with Gasteiger partial charge >= 0.3 is 18.0 Å². The molecular weight excluding hydrogens is 446 g/mol. The molecular formula is C23H27N3O6S. The number of amides is 1. The molecule has 1 unspecified atom stereocenters. The molecule has 3 N–H and O–H groups in total. The molecule has 176 valence electrons. The summed E-state index contributed by atoms with van der Waals surface area (Å²) in [5.41, 5.74) is 1.81. The monoisotopic (exact) mass is 473 g/mol. The molecule has 0 spiro atoms. The highest BCUT2D eigenvalue weighted by Gasteiger charge is 2.34. The number of carboxylic acids is 2. The maximum atomic E-state index is 12.3. The summed E-state index contributed by atoms with van der Waals surface area (Å²) in [7, 11) is 0. The molecule has 3 fully saturated rings. The number of benzene rings is 1. The van der Waals surface area contributed by atoms with E-state index in [0.717, 1.165) is 27.8 Å². The van der Waals surface area contributed by atoms with Crippen LogP contribution in [0.3, 0.4) is 0 Å². The van der Waals surface area contributed by atoms with Gasteiger partial charge < -0.3 is 19.8 Å². The van der Waals surface area contributed by atoms with Gasteiger partial charge in [0.25, 0.3) is 0 Å². The van der Waals surface area contributed by atoms with Crippen LogP contribution < -0.4 is 5.32 Å². The number of hydrogen-bond donors (Lipinski definition) is 3. The lowest BCUT2D eigenvalue weighted by Crippen LogP contribution is -2.49. The number of aryl methyl sites for hydroxylation is 1. The topological polar surface area (TPSA) is 129 Å². The minimum atomic E-state index is -1.26. The number of carboxylic acid groups (broad SMARTS) is 2. The van der Waals surface area contributed by atoms with Gasteiger partial charge in [0, 0.05) is 30.2 Å². The van der Waals surface area contributed by atoms with Crippen molar-refractivity contribution in [2.24, 2.45) is 11.8 Å². The van der Waals surface area contributed by atoms with Crippen molar-refractivity contribution >= 4 is 34.4 Å². The van der Waals surface area contributed by atoms with Crippen LogP contribution in [0.25, 0.3) is 11.3 Å². The molecule has 10 heteroatoms. The lowest BCUT2D eigenvalue weighted by molar-refractivity contribution is -0.134. The Morgan fingerprint density at radius 3 is 2.33 bits per heavy atom. The van der Waals surface area contributed by atoms with Gasteiger partial charge in [-0.1, -0.05) is 30.3 Å². The van der Waals surface area contributed by atoms with Crippen molar-refractivity contribution in [3.8, 4) is 11.3 Å². The number of aromatic nitrogens is 1. The second kappa shape index (κ2) is 11.6. The molecule has 5 rings (SSSR count). The number of carbonyl (C=O) groups is 3. The number of anilines is 1. The SMILES string of the molecule is Cc1nc(-c2ccccc2)c(NC(=O)OCC2CN3CCC2CC3)s1.O=C(O)/C=C/C(=O)O. The van der Waals surface area contributed by atoms with Crippen LogP contribution >= 0.6 is 11.3 Å². The van der Waals surface area contributed by atoms with E-state index in [0.29, 0.717) is 30.6 Å². The van der Waals surface area contributed by atoms with Crippen molar-refractivity contribution in [3.63, 3.8) is 0 Å². The zero-order chi connectivity index (χ0) is 23.8. The summed E-state index contributed by atoms with van der Waals surface area (Å²) in [6.45, 7) is 5.92. The van der Waals surface area contributed by atoms with Crippen molar-refractivity contribution in [2.75, 3.05) is 31.6 Å². The Hall–Kier alpha value is -3.24. The number of nitrogens with zero attached hydrogens (tertiary/aromatic N) is 2. The highest BCUT2D eigenvalue weighted by Crippen LogP contribution is 2.34. The Morgan fingerprint density at radius 2 is 1.79 bits per heavy atom. The van der Waals surface area contributed by atoms with Gasteiger partial charge in [-0.25, -0.2) is 19.4 Å². The lowest BCUT2D eigenvalue weighted by Gasteiger charge is -2.44. The standard InChI is InChI=1S/C19H23N3O2S.C4H4O4/c1-13-20-17(15-5-3-2-4-6-15)18(25-13)21-19(23)24-12-16-11-22-9-7-14(16)8-10-22;5-3(6)1-2-4(7)8/h2-6,14,16H,7-12H2,1H3,(H,21,23);1-2H,(H,5,6)(H,7,8)/b;2-1+. The number of thiazole rings is 1. The van der Waals surface area contributed by atoms with Crippen LogP contribution in [0.15, 0.2) is 42.5 Å². The first kappa shape index (κ1) is 24.4. The third-order valence-electron chi connectivity index (χ3n) is 5.59. The molecule has 0 radical (unpaired) electrons. The molecule has 2 aromatic rings. The average molecular weight is 474 g/mol. The van der Waals surface area contributed by atoms with Crippen LogP contribution in [0.2, 0.25) is 0 Å². The summed E-state index contributed by atoms with van der Waals surface area (Å²) < 4.78 is 5.54. The first-order valence-corrected chi connectivity index (χ1v) is 11.5. The molecule has 1 aromatic carbocycles. The van der Waals surface area contributed by atoms with Crippen LogP contribution in [0.1, 0.15) is 17.8 Å². The molecule has 2 bridgehead atoms. The van der Waals surface area contributed by atoms with E-state index in [4.69, 9.17) is 14.9 Å². The number of rotatable bonds is 6. The Labute approximate surface area is 195 Å². The molecule has 3 aliphatic heterocycles. The van der Waals surface area contributed by atoms with Crippen LogP contribution in [-0.4, -0.2) is 64.4 Å². The second-order valence-electron chi connectivity index (χ2n) is 7.91. The Kier molecular flexibility index (Phi) is 8.56. The molecule has 4 heterocycles. The molecule has 0 saturated carbocycles. The molecule has 33 heavy (non-hydrogen) atoms. The Morgan fingerprint density at radius 1 is 1.15 bits per heavy atom. The summed E-state index contributed by atoms with van der Waals surface area (Å²) in [6.07, 6.45) is 3.21.